The summed E-state index contributed by atoms with van der Waals surface area (Å²) in [7, 11) is 0. The summed E-state index contributed by atoms with van der Waals surface area (Å²) < 4.78 is 0. The standard InChI is InChI=1S/C9H9N3.2ClH/c1-6-5-11-9-7(10)3-2-4-8(9)12-6;;/h2-5H,10H2,1H3;2*1H. The van der Waals surface area contributed by atoms with Crippen molar-refractivity contribution >= 4 is 41.5 Å². The van der Waals surface area contributed by atoms with Crippen molar-refractivity contribution in [2.45, 2.75) is 6.92 Å². The van der Waals surface area contributed by atoms with Gasteiger partial charge in [0.1, 0.15) is 5.52 Å². The predicted octanol–water partition coefficient (Wildman–Crippen LogP) is 2.36. The van der Waals surface area contributed by atoms with Gasteiger partial charge in [-0.1, -0.05) is 6.07 Å². The van der Waals surface area contributed by atoms with Gasteiger partial charge in [0.25, 0.3) is 0 Å². The largest absolute Gasteiger partial charge is 0.397 e. The molecular weight excluding hydrogens is 221 g/mol. The fraction of sp³-hybridized carbons (Fsp3) is 0.111. The van der Waals surface area contributed by atoms with E-state index in [0.29, 0.717) is 5.69 Å². The summed E-state index contributed by atoms with van der Waals surface area (Å²) in [6.07, 6.45) is 1.72. The lowest BCUT2D eigenvalue weighted by Crippen LogP contribution is -1.92. The fourth-order valence-electron chi connectivity index (χ4n) is 1.16. The van der Waals surface area contributed by atoms with Crippen LogP contribution >= 0.6 is 24.8 Å². The van der Waals surface area contributed by atoms with Gasteiger partial charge < -0.3 is 5.73 Å². The second-order valence-electron chi connectivity index (χ2n) is 2.73. The van der Waals surface area contributed by atoms with E-state index in [0.717, 1.165) is 16.7 Å². The van der Waals surface area contributed by atoms with Gasteiger partial charge in [-0.3, -0.25) is 4.98 Å². The topological polar surface area (TPSA) is 51.8 Å². The van der Waals surface area contributed by atoms with Crippen LogP contribution in [0.4, 0.5) is 5.69 Å². The molecule has 0 saturated carbocycles. The van der Waals surface area contributed by atoms with Crippen molar-refractivity contribution in [3.05, 3.63) is 30.1 Å². The molecule has 0 fully saturated rings. The number of fused-ring (bicyclic) bond motifs is 1. The van der Waals surface area contributed by atoms with Crippen molar-refractivity contribution < 1.29 is 0 Å². The number of aryl methyl sites for hydroxylation is 1. The van der Waals surface area contributed by atoms with Crippen LogP contribution in [-0.4, -0.2) is 9.97 Å². The smallest absolute Gasteiger partial charge is 0.112 e. The number of hydrogen-bond donors (Lipinski definition) is 1. The average molecular weight is 232 g/mol. The van der Waals surface area contributed by atoms with Crippen LogP contribution in [0.3, 0.4) is 0 Å². The molecule has 1 aromatic carbocycles. The van der Waals surface area contributed by atoms with Crippen LogP contribution in [0.1, 0.15) is 5.69 Å². The molecule has 0 radical (unpaired) electrons. The highest BCUT2D eigenvalue weighted by atomic mass is 35.5. The van der Waals surface area contributed by atoms with E-state index in [1.54, 1.807) is 6.20 Å². The minimum Gasteiger partial charge on any atom is -0.397 e. The van der Waals surface area contributed by atoms with E-state index in [2.05, 4.69) is 9.97 Å². The minimum absolute atomic E-state index is 0. The Morgan fingerprint density at radius 2 is 1.93 bits per heavy atom. The molecule has 3 nitrogen and oxygen atoms in total. The Hall–Kier alpha value is -1.06. The molecule has 0 aliphatic heterocycles. The molecule has 14 heavy (non-hydrogen) atoms. The molecule has 0 spiro atoms. The summed E-state index contributed by atoms with van der Waals surface area (Å²) in [6, 6.07) is 5.61. The van der Waals surface area contributed by atoms with E-state index in [1.807, 2.05) is 25.1 Å². The van der Waals surface area contributed by atoms with Crippen LogP contribution in [0.15, 0.2) is 24.4 Å². The Morgan fingerprint density at radius 1 is 1.21 bits per heavy atom. The van der Waals surface area contributed by atoms with Crippen molar-refractivity contribution in [2.75, 3.05) is 5.73 Å². The molecule has 0 saturated heterocycles. The van der Waals surface area contributed by atoms with Crippen molar-refractivity contribution in [1.82, 2.24) is 9.97 Å². The molecule has 2 aromatic rings. The zero-order valence-electron chi connectivity index (χ0n) is 7.60. The molecule has 0 atom stereocenters. The summed E-state index contributed by atoms with van der Waals surface area (Å²) in [6.45, 7) is 1.91. The summed E-state index contributed by atoms with van der Waals surface area (Å²) in [5.74, 6) is 0. The van der Waals surface area contributed by atoms with E-state index < -0.39 is 0 Å². The number of nitrogens with two attached hydrogens (primary N) is 1. The van der Waals surface area contributed by atoms with Crippen LogP contribution in [0, 0.1) is 6.92 Å². The summed E-state index contributed by atoms with van der Waals surface area (Å²) in [5, 5.41) is 0. The van der Waals surface area contributed by atoms with Crippen LogP contribution in [-0.2, 0) is 0 Å². The molecule has 0 amide bonds. The van der Waals surface area contributed by atoms with E-state index in [4.69, 9.17) is 5.73 Å². The molecule has 0 aliphatic carbocycles. The quantitative estimate of drug-likeness (QED) is 0.709. The zero-order chi connectivity index (χ0) is 8.55. The molecule has 0 unspecified atom stereocenters. The maximum Gasteiger partial charge on any atom is 0.112 e. The van der Waals surface area contributed by atoms with Crippen molar-refractivity contribution in [3.63, 3.8) is 0 Å². The van der Waals surface area contributed by atoms with Gasteiger partial charge in [-0.05, 0) is 19.1 Å². The first-order valence-corrected chi connectivity index (χ1v) is 3.75. The normalized spacial score (nSPS) is 8.93. The van der Waals surface area contributed by atoms with Gasteiger partial charge in [0.2, 0.25) is 0 Å². The van der Waals surface area contributed by atoms with Crippen LogP contribution in [0.25, 0.3) is 11.0 Å². The molecular formula is C9H11Cl2N3. The van der Waals surface area contributed by atoms with Gasteiger partial charge in [-0.15, -0.1) is 24.8 Å². The van der Waals surface area contributed by atoms with E-state index in [9.17, 15) is 0 Å². The lowest BCUT2D eigenvalue weighted by molar-refractivity contribution is 1.19. The number of anilines is 1. The van der Waals surface area contributed by atoms with Crippen molar-refractivity contribution in [1.29, 1.82) is 0 Å². The zero-order valence-corrected chi connectivity index (χ0v) is 9.23. The Morgan fingerprint density at radius 3 is 2.64 bits per heavy atom. The van der Waals surface area contributed by atoms with Crippen LogP contribution < -0.4 is 5.73 Å². The van der Waals surface area contributed by atoms with E-state index >= 15 is 0 Å². The highest BCUT2D eigenvalue weighted by Gasteiger charge is 1.98. The lowest BCUT2D eigenvalue weighted by Gasteiger charge is -1.99. The number of benzene rings is 1. The Bertz CT molecular complexity index is 431. The summed E-state index contributed by atoms with van der Waals surface area (Å²) in [4.78, 5) is 8.49. The summed E-state index contributed by atoms with van der Waals surface area (Å²) >= 11 is 0. The Labute approximate surface area is 94.6 Å². The molecule has 1 aromatic heterocycles. The number of para-hydroxylation sites is 1. The van der Waals surface area contributed by atoms with E-state index in [1.165, 1.54) is 0 Å². The minimum atomic E-state index is 0. The number of nitrogens with zero attached hydrogens (tertiary/aromatic N) is 2. The van der Waals surface area contributed by atoms with Gasteiger partial charge >= 0.3 is 0 Å². The first-order chi connectivity index (χ1) is 5.77. The third-order valence-corrected chi connectivity index (χ3v) is 1.72. The van der Waals surface area contributed by atoms with Gasteiger partial charge in [0.15, 0.2) is 0 Å². The number of aromatic nitrogens is 2. The Kier molecular flexibility index (Phi) is 4.60. The van der Waals surface area contributed by atoms with E-state index in [-0.39, 0.29) is 24.8 Å². The van der Waals surface area contributed by atoms with Gasteiger partial charge in [0.05, 0.1) is 16.9 Å². The number of rotatable bonds is 0. The predicted molar refractivity (Wildman–Crippen MR) is 63.2 cm³/mol. The molecule has 0 aliphatic rings. The lowest BCUT2D eigenvalue weighted by atomic mass is 10.2. The van der Waals surface area contributed by atoms with Crippen molar-refractivity contribution in [2.24, 2.45) is 0 Å². The first-order valence-electron chi connectivity index (χ1n) is 3.75. The van der Waals surface area contributed by atoms with Gasteiger partial charge in [-0.2, -0.15) is 0 Å². The summed E-state index contributed by atoms with van der Waals surface area (Å²) in [5.41, 5.74) is 8.93. The van der Waals surface area contributed by atoms with Crippen LogP contribution in [0.5, 0.6) is 0 Å². The number of halogens is 2. The number of hydrogen-bond acceptors (Lipinski definition) is 3. The molecule has 2 N–H and O–H groups in total. The SMILES string of the molecule is Cc1cnc2c(N)cccc2n1.Cl.Cl. The second kappa shape index (κ2) is 4.98. The fourth-order valence-corrected chi connectivity index (χ4v) is 1.16. The highest BCUT2D eigenvalue weighted by molar-refractivity contribution is 5.86. The highest BCUT2D eigenvalue weighted by Crippen LogP contribution is 2.15. The average Bonchev–Trinajstić information content (AvgIpc) is 2.04. The maximum absolute atomic E-state index is 5.70. The maximum atomic E-state index is 5.70. The Balaban J connectivity index is 0.000000845. The van der Waals surface area contributed by atoms with Gasteiger partial charge in [0, 0.05) is 6.20 Å². The second-order valence-corrected chi connectivity index (χ2v) is 2.73. The third kappa shape index (κ3) is 2.25. The van der Waals surface area contributed by atoms with Gasteiger partial charge in [-0.25, -0.2) is 4.98 Å². The molecule has 1 heterocycles. The molecule has 5 heteroatoms. The van der Waals surface area contributed by atoms with Crippen LogP contribution in [0.2, 0.25) is 0 Å². The number of nitrogen functional groups attached to an aromatic ring is 1. The third-order valence-electron chi connectivity index (χ3n) is 1.72. The van der Waals surface area contributed by atoms with Crippen molar-refractivity contribution in [3.8, 4) is 0 Å². The first kappa shape index (κ1) is 12.9. The molecule has 76 valence electrons. The molecule has 2 rings (SSSR count). The monoisotopic (exact) mass is 231 g/mol. The molecule has 0 bridgehead atoms.